The quantitative estimate of drug-likeness (QED) is 0.699. The zero-order valence-electron chi connectivity index (χ0n) is 13.6. The van der Waals surface area contributed by atoms with Crippen LogP contribution in [0.15, 0.2) is 24.3 Å². The number of rotatable bonds is 9. The summed E-state index contributed by atoms with van der Waals surface area (Å²) < 4.78 is 10.7. The van der Waals surface area contributed by atoms with Crippen molar-refractivity contribution >= 4 is 11.7 Å². The van der Waals surface area contributed by atoms with Crippen molar-refractivity contribution in [1.29, 1.82) is 0 Å². The number of carbonyl (C=O) groups excluding carboxylic acids is 1. The van der Waals surface area contributed by atoms with Crippen molar-refractivity contribution < 1.29 is 14.3 Å². The van der Waals surface area contributed by atoms with Gasteiger partial charge in [-0.25, -0.2) is 4.79 Å². The number of anilines is 1. The molecule has 0 heterocycles. The lowest BCUT2D eigenvalue weighted by molar-refractivity contribution is -0.149. The second-order valence-corrected chi connectivity index (χ2v) is 5.13. The molecule has 118 valence electrons. The number of ether oxygens (including phenoxy) is 2. The van der Waals surface area contributed by atoms with E-state index in [9.17, 15) is 4.79 Å². The van der Waals surface area contributed by atoms with E-state index in [1.807, 2.05) is 31.2 Å². The summed E-state index contributed by atoms with van der Waals surface area (Å²) in [5.74, 6) is 0.554. The molecule has 0 radical (unpaired) electrons. The van der Waals surface area contributed by atoms with E-state index in [4.69, 9.17) is 9.47 Å². The number of para-hydroxylation sites is 2. The first-order chi connectivity index (χ1) is 10.1. The third-order valence-corrected chi connectivity index (χ3v) is 3.50. The molecule has 0 aliphatic heterocycles. The molecule has 1 rings (SSSR count). The maximum Gasteiger partial charge on any atom is 0.331 e. The fourth-order valence-electron chi connectivity index (χ4n) is 2.63. The number of carbonyl (C=O) groups is 1. The maximum absolute atomic E-state index is 12.5. The van der Waals surface area contributed by atoms with E-state index in [1.165, 1.54) is 0 Å². The first kappa shape index (κ1) is 17.3. The van der Waals surface area contributed by atoms with E-state index in [0.717, 1.165) is 37.1 Å². The molecule has 0 spiro atoms. The summed E-state index contributed by atoms with van der Waals surface area (Å²) in [6, 6.07) is 7.66. The van der Waals surface area contributed by atoms with Crippen LogP contribution < -0.4 is 10.1 Å². The number of hydrogen-bond donors (Lipinski definition) is 1. The average molecular weight is 293 g/mol. The fraction of sp³-hybridized carbons (Fsp3) is 0.588. The summed E-state index contributed by atoms with van der Waals surface area (Å²) in [5, 5.41) is 3.40. The molecule has 0 bridgehead atoms. The highest BCUT2D eigenvalue weighted by Gasteiger charge is 2.38. The van der Waals surface area contributed by atoms with Crippen LogP contribution in [0.5, 0.6) is 5.75 Å². The van der Waals surface area contributed by atoms with Gasteiger partial charge in [0.2, 0.25) is 0 Å². The Bertz CT molecular complexity index is 439. The summed E-state index contributed by atoms with van der Waals surface area (Å²) >= 11 is 0. The molecule has 4 heteroatoms. The molecule has 21 heavy (non-hydrogen) atoms. The van der Waals surface area contributed by atoms with Gasteiger partial charge >= 0.3 is 5.97 Å². The van der Waals surface area contributed by atoms with Crippen molar-refractivity contribution in [1.82, 2.24) is 0 Å². The highest BCUT2D eigenvalue weighted by molar-refractivity contribution is 5.85. The molecule has 0 aliphatic carbocycles. The Kier molecular flexibility index (Phi) is 7.06. The monoisotopic (exact) mass is 293 g/mol. The first-order valence-corrected chi connectivity index (χ1v) is 7.72. The normalized spacial score (nSPS) is 11.0. The van der Waals surface area contributed by atoms with Crippen LogP contribution in [0.2, 0.25) is 0 Å². The zero-order chi connectivity index (χ0) is 15.7. The lowest BCUT2D eigenvalue weighted by atomic mass is 9.88. The molecule has 1 aromatic rings. The van der Waals surface area contributed by atoms with Crippen LogP contribution in [-0.2, 0) is 9.53 Å². The van der Waals surface area contributed by atoms with Gasteiger partial charge < -0.3 is 14.8 Å². The van der Waals surface area contributed by atoms with Gasteiger partial charge in [-0.2, -0.15) is 0 Å². The lowest BCUT2D eigenvalue weighted by Crippen LogP contribution is -2.47. The van der Waals surface area contributed by atoms with Gasteiger partial charge in [0.15, 0.2) is 0 Å². The third-order valence-electron chi connectivity index (χ3n) is 3.50. The second-order valence-electron chi connectivity index (χ2n) is 5.13. The van der Waals surface area contributed by atoms with Crippen LogP contribution in [0.25, 0.3) is 0 Å². The van der Waals surface area contributed by atoms with Gasteiger partial charge in [-0.15, -0.1) is 0 Å². The Hall–Kier alpha value is -1.71. The summed E-state index contributed by atoms with van der Waals surface area (Å²) in [7, 11) is 1.63. The second kappa shape index (κ2) is 8.55. The van der Waals surface area contributed by atoms with Crippen LogP contribution in [-0.4, -0.2) is 25.2 Å². The SMILES string of the molecule is CCCC(CCC)(Nc1ccccc1OC)C(=O)OCC. The smallest absolute Gasteiger partial charge is 0.331 e. The van der Waals surface area contributed by atoms with E-state index in [2.05, 4.69) is 19.2 Å². The van der Waals surface area contributed by atoms with E-state index >= 15 is 0 Å². The molecule has 0 atom stereocenters. The van der Waals surface area contributed by atoms with Gasteiger partial charge in [0, 0.05) is 0 Å². The summed E-state index contributed by atoms with van der Waals surface area (Å²) in [4.78, 5) is 12.5. The zero-order valence-corrected chi connectivity index (χ0v) is 13.6. The Morgan fingerprint density at radius 2 is 1.76 bits per heavy atom. The van der Waals surface area contributed by atoms with Crippen LogP contribution in [0.3, 0.4) is 0 Å². The first-order valence-electron chi connectivity index (χ1n) is 7.72. The van der Waals surface area contributed by atoms with Gasteiger partial charge in [0.05, 0.1) is 19.4 Å². The molecular formula is C17H27NO3. The molecule has 4 nitrogen and oxygen atoms in total. The van der Waals surface area contributed by atoms with Crippen LogP contribution >= 0.6 is 0 Å². The van der Waals surface area contributed by atoms with Crippen molar-refractivity contribution in [3.8, 4) is 5.75 Å². The highest BCUT2D eigenvalue weighted by Crippen LogP contribution is 2.32. The topological polar surface area (TPSA) is 47.6 Å². The minimum Gasteiger partial charge on any atom is -0.495 e. The lowest BCUT2D eigenvalue weighted by Gasteiger charge is -2.33. The highest BCUT2D eigenvalue weighted by atomic mass is 16.5. The van der Waals surface area contributed by atoms with Gasteiger partial charge in [0.25, 0.3) is 0 Å². The van der Waals surface area contributed by atoms with E-state index in [-0.39, 0.29) is 5.97 Å². The van der Waals surface area contributed by atoms with Crippen LogP contribution in [0, 0.1) is 0 Å². The van der Waals surface area contributed by atoms with Crippen LogP contribution in [0.4, 0.5) is 5.69 Å². The Labute approximate surface area is 127 Å². The molecule has 1 aromatic carbocycles. The molecule has 1 N–H and O–H groups in total. The summed E-state index contributed by atoms with van der Waals surface area (Å²) in [5.41, 5.74) is 0.142. The van der Waals surface area contributed by atoms with Crippen LogP contribution in [0.1, 0.15) is 46.5 Å². The standard InChI is InChI=1S/C17H27NO3/c1-5-12-17(13-6-2,16(19)21-7-3)18-14-10-8-9-11-15(14)20-4/h8-11,18H,5-7,12-13H2,1-4H3. The average Bonchev–Trinajstić information content (AvgIpc) is 2.48. The van der Waals surface area contributed by atoms with Crippen molar-refractivity contribution in [3.05, 3.63) is 24.3 Å². The molecule has 0 unspecified atom stereocenters. The molecular weight excluding hydrogens is 266 g/mol. The van der Waals surface area contributed by atoms with Crippen molar-refractivity contribution in [2.75, 3.05) is 19.0 Å². The predicted molar refractivity (Wildman–Crippen MR) is 85.8 cm³/mol. The van der Waals surface area contributed by atoms with E-state index in [0.29, 0.717) is 6.61 Å². The molecule has 0 aromatic heterocycles. The Morgan fingerprint density at radius 3 is 2.29 bits per heavy atom. The van der Waals surface area contributed by atoms with Gasteiger partial charge in [-0.05, 0) is 31.9 Å². The summed E-state index contributed by atoms with van der Waals surface area (Å²) in [6.07, 6.45) is 3.28. The van der Waals surface area contributed by atoms with Crippen molar-refractivity contribution in [2.45, 2.75) is 52.0 Å². The Morgan fingerprint density at radius 1 is 1.14 bits per heavy atom. The number of nitrogens with one attached hydrogen (secondary N) is 1. The maximum atomic E-state index is 12.5. The molecule has 0 amide bonds. The fourth-order valence-corrected chi connectivity index (χ4v) is 2.63. The van der Waals surface area contributed by atoms with E-state index < -0.39 is 5.54 Å². The number of benzene rings is 1. The van der Waals surface area contributed by atoms with Gasteiger partial charge in [-0.3, -0.25) is 0 Å². The molecule has 0 aliphatic rings. The number of esters is 1. The Balaban J connectivity index is 3.12. The minimum absolute atomic E-state index is 0.181. The summed E-state index contributed by atoms with van der Waals surface area (Å²) in [6.45, 7) is 6.38. The van der Waals surface area contributed by atoms with Crippen molar-refractivity contribution in [3.63, 3.8) is 0 Å². The van der Waals surface area contributed by atoms with E-state index in [1.54, 1.807) is 7.11 Å². The molecule has 0 saturated carbocycles. The largest absolute Gasteiger partial charge is 0.495 e. The number of methoxy groups -OCH3 is 1. The number of hydrogen-bond acceptors (Lipinski definition) is 4. The predicted octanol–water partition coefficient (Wildman–Crippen LogP) is 4.01. The molecule has 0 fully saturated rings. The van der Waals surface area contributed by atoms with Gasteiger partial charge in [-0.1, -0.05) is 38.8 Å². The minimum atomic E-state index is -0.686. The molecule has 0 saturated heterocycles. The third kappa shape index (κ3) is 4.38. The van der Waals surface area contributed by atoms with Gasteiger partial charge in [0.1, 0.15) is 11.3 Å². The van der Waals surface area contributed by atoms with Crippen molar-refractivity contribution in [2.24, 2.45) is 0 Å².